The number of hydrogen-bond acceptors (Lipinski definition) is 4. The number of benzene rings is 2. The zero-order valence-electron chi connectivity index (χ0n) is 14.4. The van der Waals surface area contributed by atoms with Crippen LogP contribution in [0, 0.1) is 5.82 Å². The molecule has 2 aromatic carbocycles. The van der Waals surface area contributed by atoms with Crippen LogP contribution in [0.25, 0.3) is 11.0 Å². The second-order valence-electron chi connectivity index (χ2n) is 6.23. The summed E-state index contributed by atoms with van der Waals surface area (Å²) in [5.74, 6) is -1.04. The van der Waals surface area contributed by atoms with Crippen molar-refractivity contribution >= 4 is 28.5 Å². The third-order valence-electron chi connectivity index (χ3n) is 4.66. The zero-order valence-corrected chi connectivity index (χ0v) is 15.1. The lowest BCUT2D eigenvalue weighted by Crippen LogP contribution is -2.33. The Morgan fingerprint density at radius 1 is 1.22 bits per heavy atom. The van der Waals surface area contributed by atoms with Crippen LogP contribution in [0.3, 0.4) is 0 Å². The molecule has 0 N–H and O–H groups in total. The van der Waals surface area contributed by atoms with E-state index in [1.54, 1.807) is 30.3 Å². The molecule has 1 aromatic heterocycles. The van der Waals surface area contributed by atoms with Crippen molar-refractivity contribution in [2.24, 2.45) is 0 Å². The van der Waals surface area contributed by atoms with Gasteiger partial charge in [0.25, 0.3) is 5.91 Å². The second kappa shape index (κ2) is 6.79. The van der Waals surface area contributed by atoms with Crippen LogP contribution >= 0.6 is 11.6 Å². The van der Waals surface area contributed by atoms with Crippen molar-refractivity contribution in [3.8, 4) is 0 Å². The molecule has 0 saturated carbocycles. The maximum Gasteiger partial charge on any atom is 0.290 e. The molecule has 7 heteroatoms. The first kappa shape index (κ1) is 17.7. The van der Waals surface area contributed by atoms with Crippen LogP contribution < -0.4 is 5.43 Å². The first-order valence-corrected chi connectivity index (χ1v) is 8.71. The van der Waals surface area contributed by atoms with Gasteiger partial charge >= 0.3 is 0 Å². The van der Waals surface area contributed by atoms with Crippen LogP contribution in [-0.2, 0) is 4.74 Å². The standard InChI is InChI=1S/C20H15ClFNO4/c1-26-9-8-23-17(12-4-2-3-5-14(12)22)16-18(24)13-10-11(21)6-7-15(13)27-19(16)20(23)25/h2-7,10,17H,8-9H2,1H3. The smallest absolute Gasteiger partial charge is 0.290 e. The molecule has 0 bridgehead atoms. The maximum absolute atomic E-state index is 14.5. The Labute approximate surface area is 158 Å². The van der Waals surface area contributed by atoms with Crippen molar-refractivity contribution in [2.75, 3.05) is 20.3 Å². The number of hydrogen-bond donors (Lipinski definition) is 0. The van der Waals surface area contributed by atoms with Crippen molar-refractivity contribution in [1.29, 1.82) is 0 Å². The van der Waals surface area contributed by atoms with Crippen LogP contribution in [0.1, 0.15) is 27.7 Å². The summed E-state index contributed by atoms with van der Waals surface area (Å²) in [5, 5.41) is 0.627. The lowest BCUT2D eigenvalue weighted by molar-refractivity contribution is 0.0661. The van der Waals surface area contributed by atoms with Crippen LogP contribution in [-0.4, -0.2) is 31.1 Å². The summed E-state index contributed by atoms with van der Waals surface area (Å²) in [6.45, 7) is 0.430. The van der Waals surface area contributed by atoms with E-state index >= 15 is 0 Å². The van der Waals surface area contributed by atoms with Gasteiger partial charge in [0.2, 0.25) is 5.76 Å². The fourth-order valence-corrected chi connectivity index (χ4v) is 3.61. The predicted molar refractivity (Wildman–Crippen MR) is 98.6 cm³/mol. The van der Waals surface area contributed by atoms with Gasteiger partial charge < -0.3 is 14.1 Å². The number of fused-ring (bicyclic) bond motifs is 2. The Hall–Kier alpha value is -2.70. The highest BCUT2D eigenvalue weighted by atomic mass is 35.5. The highest BCUT2D eigenvalue weighted by Crippen LogP contribution is 2.39. The molecule has 0 saturated heterocycles. The van der Waals surface area contributed by atoms with Gasteiger partial charge in [0, 0.05) is 24.2 Å². The molecule has 1 aliphatic rings. The van der Waals surface area contributed by atoms with Crippen LogP contribution in [0.2, 0.25) is 5.02 Å². The molecule has 138 valence electrons. The minimum atomic E-state index is -0.886. The second-order valence-corrected chi connectivity index (χ2v) is 6.67. The number of methoxy groups -OCH3 is 1. The number of ether oxygens (including phenoxy) is 1. The van der Waals surface area contributed by atoms with Gasteiger partial charge in [-0.1, -0.05) is 29.8 Å². The quantitative estimate of drug-likeness (QED) is 0.683. The highest BCUT2D eigenvalue weighted by molar-refractivity contribution is 6.31. The molecule has 1 atom stereocenters. The van der Waals surface area contributed by atoms with E-state index in [1.807, 2.05) is 0 Å². The monoisotopic (exact) mass is 387 g/mol. The summed E-state index contributed by atoms with van der Waals surface area (Å²) in [7, 11) is 1.51. The lowest BCUT2D eigenvalue weighted by atomic mass is 9.98. The molecule has 0 fully saturated rings. The van der Waals surface area contributed by atoms with Crippen LogP contribution in [0.15, 0.2) is 51.7 Å². The number of carbonyl (C=O) groups is 1. The van der Waals surface area contributed by atoms with E-state index in [2.05, 4.69) is 0 Å². The number of amides is 1. The molecule has 4 rings (SSSR count). The molecule has 1 amide bonds. The van der Waals surface area contributed by atoms with Crippen molar-refractivity contribution in [3.05, 3.63) is 80.4 Å². The summed E-state index contributed by atoms with van der Waals surface area (Å²) in [6, 6.07) is 9.80. The Morgan fingerprint density at radius 3 is 2.74 bits per heavy atom. The Bertz CT molecular complexity index is 1110. The van der Waals surface area contributed by atoms with Gasteiger partial charge in [-0.2, -0.15) is 0 Å². The molecule has 2 heterocycles. The van der Waals surface area contributed by atoms with Crippen molar-refractivity contribution < 1.29 is 18.3 Å². The number of halogens is 2. The summed E-state index contributed by atoms with van der Waals surface area (Å²) in [6.07, 6.45) is 0. The maximum atomic E-state index is 14.5. The van der Waals surface area contributed by atoms with E-state index in [1.165, 1.54) is 24.1 Å². The van der Waals surface area contributed by atoms with Gasteiger partial charge in [0.15, 0.2) is 5.43 Å². The normalized spacial score (nSPS) is 16.2. The third kappa shape index (κ3) is 2.81. The van der Waals surface area contributed by atoms with Crippen LogP contribution in [0.4, 0.5) is 4.39 Å². The van der Waals surface area contributed by atoms with E-state index in [0.29, 0.717) is 5.02 Å². The number of carbonyl (C=O) groups excluding carboxylic acids is 1. The van der Waals surface area contributed by atoms with Crippen molar-refractivity contribution in [3.63, 3.8) is 0 Å². The Morgan fingerprint density at radius 2 is 2.00 bits per heavy atom. The average molecular weight is 388 g/mol. The van der Waals surface area contributed by atoms with Gasteiger partial charge in [0.1, 0.15) is 11.4 Å². The molecular formula is C20H15ClFNO4. The lowest BCUT2D eigenvalue weighted by Gasteiger charge is -2.25. The Kier molecular flexibility index (Phi) is 4.45. The molecule has 1 aliphatic heterocycles. The van der Waals surface area contributed by atoms with Crippen LogP contribution in [0.5, 0.6) is 0 Å². The van der Waals surface area contributed by atoms with Gasteiger partial charge in [-0.25, -0.2) is 4.39 Å². The van der Waals surface area contributed by atoms with Crippen molar-refractivity contribution in [1.82, 2.24) is 4.90 Å². The van der Waals surface area contributed by atoms with Crippen molar-refractivity contribution in [2.45, 2.75) is 6.04 Å². The molecule has 3 aromatic rings. The molecule has 0 aliphatic carbocycles. The summed E-state index contributed by atoms with van der Waals surface area (Å²) in [5.41, 5.74) is 0.220. The summed E-state index contributed by atoms with van der Waals surface area (Å²) in [4.78, 5) is 27.5. The minimum Gasteiger partial charge on any atom is -0.450 e. The summed E-state index contributed by atoms with van der Waals surface area (Å²) < 4.78 is 25.4. The summed E-state index contributed by atoms with van der Waals surface area (Å²) >= 11 is 6.01. The van der Waals surface area contributed by atoms with E-state index < -0.39 is 23.2 Å². The molecule has 0 radical (unpaired) electrons. The zero-order chi connectivity index (χ0) is 19.1. The Balaban J connectivity index is 2.00. The molecule has 0 spiro atoms. The number of nitrogens with zero attached hydrogens (tertiary/aromatic N) is 1. The first-order chi connectivity index (χ1) is 13.0. The SMILES string of the molecule is COCCN1C(=O)c2oc3ccc(Cl)cc3c(=O)c2C1c1ccccc1F. The first-order valence-electron chi connectivity index (χ1n) is 8.33. The van der Waals surface area contributed by atoms with E-state index in [4.69, 9.17) is 20.8 Å². The largest absolute Gasteiger partial charge is 0.450 e. The molecule has 27 heavy (non-hydrogen) atoms. The minimum absolute atomic E-state index is 0.0702. The molecule has 5 nitrogen and oxygen atoms in total. The average Bonchev–Trinajstić information content (AvgIpc) is 2.93. The van der Waals surface area contributed by atoms with Gasteiger partial charge in [-0.3, -0.25) is 9.59 Å². The van der Waals surface area contributed by atoms with Gasteiger partial charge in [0.05, 0.1) is 23.6 Å². The molecular weight excluding hydrogens is 373 g/mol. The topological polar surface area (TPSA) is 59.8 Å². The van der Waals surface area contributed by atoms with Gasteiger partial charge in [-0.05, 0) is 24.3 Å². The van der Waals surface area contributed by atoms with E-state index in [-0.39, 0.29) is 41.0 Å². The highest BCUT2D eigenvalue weighted by Gasteiger charge is 2.43. The number of rotatable bonds is 4. The predicted octanol–water partition coefficient (Wildman–Crippen LogP) is 3.78. The fraction of sp³-hybridized carbons (Fsp3) is 0.200. The van der Waals surface area contributed by atoms with Gasteiger partial charge in [-0.15, -0.1) is 0 Å². The van der Waals surface area contributed by atoms with E-state index in [9.17, 15) is 14.0 Å². The molecule has 1 unspecified atom stereocenters. The third-order valence-corrected chi connectivity index (χ3v) is 4.90. The van der Waals surface area contributed by atoms with E-state index in [0.717, 1.165) is 0 Å². The fourth-order valence-electron chi connectivity index (χ4n) is 3.43.